The van der Waals surface area contributed by atoms with Crippen LogP contribution < -0.4 is 5.32 Å². The Morgan fingerprint density at radius 3 is 2.57 bits per heavy atom. The summed E-state index contributed by atoms with van der Waals surface area (Å²) in [6.45, 7) is -2.61. The maximum atomic E-state index is 10.6. The summed E-state index contributed by atoms with van der Waals surface area (Å²) < 4.78 is 20.7. The molecule has 0 saturated carbocycles. The van der Waals surface area contributed by atoms with E-state index < -0.39 is 28.2 Å². The molecule has 0 aromatic heterocycles. The van der Waals surface area contributed by atoms with Crippen LogP contribution in [-0.2, 0) is 0 Å². The lowest BCUT2D eigenvalue weighted by Crippen LogP contribution is -1.98. The molecule has 0 atom stereocenters. The number of benzene rings is 1. The normalized spacial score (nSPS) is 13.6. The van der Waals surface area contributed by atoms with Gasteiger partial charge in [-0.05, 0) is 6.07 Å². The number of nitro groups is 2. The Morgan fingerprint density at radius 1 is 1.36 bits per heavy atom. The van der Waals surface area contributed by atoms with E-state index in [0.717, 1.165) is 12.1 Å². The minimum absolute atomic E-state index is 0.291. The van der Waals surface area contributed by atoms with Gasteiger partial charge in [-0.2, -0.15) is 0 Å². The van der Waals surface area contributed by atoms with Crippen LogP contribution in [0.4, 0.5) is 17.1 Å². The van der Waals surface area contributed by atoms with E-state index in [1.165, 1.54) is 0 Å². The van der Waals surface area contributed by atoms with Crippen LogP contribution in [0.3, 0.4) is 0 Å². The van der Waals surface area contributed by atoms with Gasteiger partial charge in [0, 0.05) is 17.2 Å². The summed E-state index contributed by atoms with van der Waals surface area (Å²) in [5.74, 6) is 0. The second-order valence-corrected chi connectivity index (χ2v) is 2.34. The molecular formula is C7H7N3O4. The summed E-state index contributed by atoms with van der Waals surface area (Å²) in [6, 6.07) is 2.68. The first-order chi connectivity index (χ1) is 7.70. The van der Waals surface area contributed by atoms with Crippen LogP contribution in [0.1, 0.15) is 4.11 Å². The lowest BCUT2D eigenvalue weighted by atomic mass is 10.2. The molecule has 0 radical (unpaired) electrons. The molecule has 0 saturated heterocycles. The fourth-order valence-electron chi connectivity index (χ4n) is 0.890. The molecule has 74 valence electrons. The summed E-state index contributed by atoms with van der Waals surface area (Å²) >= 11 is 0. The molecule has 1 aromatic rings. The lowest BCUT2D eigenvalue weighted by Gasteiger charge is -2.00. The van der Waals surface area contributed by atoms with Crippen molar-refractivity contribution in [1.29, 1.82) is 0 Å². The summed E-state index contributed by atoms with van der Waals surface area (Å²) in [5.41, 5.74) is -1.43. The van der Waals surface area contributed by atoms with Crippen molar-refractivity contribution in [2.24, 2.45) is 0 Å². The molecule has 7 heteroatoms. The van der Waals surface area contributed by atoms with E-state index in [1.54, 1.807) is 0 Å². The monoisotopic (exact) mass is 200 g/mol. The molecule has 0 unspecified atom stereocenters. The lowest BCUT2D eigenvalue weighted by molar-refractivity contribution is -0.393. The smallest absolute Gasteiger partial charge is 0.299 e. The molecule has 1 N–H and O–H groups in total. The molecule has 0 aliphatic rings. The second kappa shape index (κ2) is 3.69. The summed E-state index contributed by atoms with van der Waals surface area (Å²) in [4.78, 5) is 19.4. The topological polar surface area (TPSA) is 98.3 Å². The highest BCUT2D eigenvalue weighted by Gasteiger charge is 2.17. The molecule has 0 aliphatic carbocycles. The van der Waals surface area contributed by atoms with Crippen LogP contribution in [0, 0.1) is 20.2 Å². The van der Waals surface area contributed by atoms with Crippen LogP contribution in [0.25, 0.3) is 0 Å². The van der Waals surface area contributed by atoms with Crippen molar-refractivity contribution in [2.75, 3.05) is 12.3 Å². The van der Waals surface area contributed by atoms with Crippen molar-refractivity contribution in [2.45, 2.75) is 0 Å². The van der Waals surface area contributed by atoms with Gasteiger partial charge in [0.2, 0.25) is 0 Å². The number of rotatable bonds is 3. The fraction of sp³-hybridized carbons (Fsp3) is 0.143. The van der Waals surface area contributed by atoms with Gasteiger partial charge in [-0.3, -0.25) is 20.2 Å². The Kier molecular flexibility index (Phi) is 1.66. The van der Waals surface area contributed by atoms with E-state index in [2.05, 4.69) is 0 Å². The standard InChI is InChI=1S/C7H7N3O4/c1-8-6-3-2-5(9(11)12)4-7(6)10(13)14/h2-4,8H,1H3/i1D3. The molecule has 1 aromatic carbocycles. The van der Waals surface area contributed by atoms with E-state index in [9.17, 15) is 20.2 Å². The first kappa shape index (κ1) is 6.30. The number of nitro benzene ring substituents is 2. The zero-order valence-corrected chi connectivity index (χ0v) is 6.76. The van der Waals surface area contributed by atoms with Gasteiger partial charge in [-0.1, -0.05) is 0 Å². The van der Waals surface area contributed by atoms with Gasteiger partial charge >= 0.3 is 0 Å². The van der Waals surface area contributed by atoms with Crippen molar-refractivity contribution < 1.29 is 14.0 Å². The average molecular weight is 200 g/mol. The van der Waals surface area contributed by atoms with Gasteiger partial charge in [0.05, 0.1) is 15.9 Å². The Morgan fingerprint density at radius 2 is 2.07 bits per heavy atom. The summed E-state index contributed by atoms with van der Waals surface area (Å²) in [5, 5.41) is 23.0. The molecule has 0 amide bonds. The number of anilines is 1. The van der Waals surface area contributed by atoms with E-state index in [4.69, 9.17) is 4.11 Å². The van der Waals surface area contributed by atoms with Crippen molar-refractivity contribution in [3.05, 3.63) is 38.4 Å². The quantitative estimate of drug-likeness (QED) is 0.589. The van der Waals surface area contributed by atoms with Gasteiger partial charge in [0.1, 0.15) is 5.69 Å². The molecule has 0 spiro atoms. The second-order valence-electron chi connectivity index (χ2n) is 2.34. The minimum atomic E-state index is -2.61. The number of hydrogen-bond donors (Lipinski definition) is 1. The molecule has 1 rings (SSSR count). The third-order valence-electron chi connectivity index (χ3n) is 1.52. The molecule has 0 fully saturated rings. The molecule has 0 aliphatic heterocycles. The molecule has 14 heavy (non-hydrogen) atoms. The molecule has 0 bridgehead atoms. The number of nitrogens with zero attached hydrogens (tertiary/aromatic N) is 2. The van der Waals surface area contributed by atoms with Crippen LogP contribution in [0.5, 0.6) is 0 Å². The van der Waals surface area contributed by atoms with Gasteiger partial charge in [-0.15, -0.1) is 0 Å². The first-order valence-corrected chi connectivity index (χ1v) is 3.42. The predicted octanol–water partition coefficient (Wildman–Crippen LogP) is 1.54. The van der Waals surface area contributed by atoms with E-state index >= 15 is 0 Å². The van der Waals surface area contributed by atoms with Crippen molar-refractivity contribution in [3.8, 4) is 0 Å². The van der Waals surface area contributed by atoms with Gasteiger partial charge in [-0.25, -0.2) is 0 Å². The zero-order valence-electron chi connectivity index (χ0n) is 9.76. The van der Waals surface area contributed by atoms with Gasteiger partial charge in [0.15, 0.2) is 0 Å². The SMILES string of the molecule is [2H]C([2H])([2H])Nc1ccc([N+](=O)[O-])cc1[N+](=O)[O-]. The van der Waals surface area contributed by atoms with E-state index in [0.29, 0.717) is 6.07 Å². The van der Waals surface area contributed by atoms with Crippen molar-refractivity contribution in [1.82, 2.24) is 0 Å². The third-order valence-corrected chi connectivity index (χ3v) is 1.52. The van der Waals surface area contributed by atoms with Crippen molar-refractivity contribution >= 4 is 17.1 Å². The zero-order chi connectivity index (χ0) is 13.2. The minimum Gasteiger partial charge on any atom is -0.383 e. The highest BCUT2D eigenvalue weighted by atomic mass is 16.6. The molecule has 7 nitrogen and oxygen atoms in total. The Labute approximate surface area is 82.9 Å². The van der Waals surface area contributed by atoms with Crippen LogP contribution in [0.15, 0.2) is 18.2 Å². The maximum Gasteiger partial charge on any atom is 0.299 e. The third kappa shape index (κ3) is 1.76. The summed E-state index contributed by atoms with van der Waals surface area (Å²) in [6.07, 6.45) is 0. The van der Waals surface area contributed by atoms with Crippen LogP contribution >= 0.6 is 0 Å². The predicted molar refractivity (Wildman–Crippen MR) is 49.3 cm³/mol. The fourth-order valence-corrected chi connectivity index (χ4v) is 0.890. The first-order valence-electron chi connectivity index (χ1n) is 4.92. The van der Waals surface area contributed by atoms with Crippen LogP contribution in [-0.4, -0.2) is 16.8 Å². The number of nitrogens with one attached hydrogen (secondary N) is 1. The van der Waals surface area contributed by atoms with E-state index in [1.807, 2.05) is 5.32 Å². The van der Waals surface area contributed by atoms with E-state index in [-0.39, 0.29) is 5.69 Å². The number of hydrogen-bond acceptors (Lipinski definition) is 5. The van der Waals surface area contributed by atoms with Crippen molar-refractivity contribution in [3.63, 3.8) is 0 Å². The molecular weight excluding hydrogens is 190 g/mol. The van der Waals surface area contributed by atoms with Crippen LogP contribution in [0.2, 0.25) is 0 Å². The highest BCUT2D eigenvalue weighted by molar-refractivity contribution is 5.64. The Bertz CT molecular complexity index is 474. The Hall–Kier alpha value is -2.18. The van der Waals surface area contributed by atoms with Gasteiger partial charge in [0.25, 0.3) is 11.4 Å². The highest BCUT2D eigenvalue weighted by Crippen LogP contribution is 2.28. The van der Waals surface area contributed by atoms with Gasteiger partial charge < -0.3 is 5.32 Å². The maximum absolute atomic E-state index is 10.6. The molecule has 0 heterocycles. The largest absolute Gasteiger partial charge is 0.383 e. The average Bonchev–Trinajstić information content (AvgIpc) is 2.14. The Balaban J connectivity index is 3.23. The number of non-ortho nitro benzene ring substituents is 1. The summed E-state index contributed by atoms with van der Waals surface area (Å²) in [7, 11) is 0.